The molecule has 0 saturated carbocycles. The number of anilines is 3. The van der Waals surface area contributed by atoms with Gasteiger partial charge in [0.1, 0.15) is 28.1 Å². The Balaban J connectivity index is 0.792. The number of sulfonamides is 1. The third-order valence-corrected chi connectivity index (χ3v) is 17.5. The lowest BCUT2D eigenvalue weighted by Crippen LogP contribution is -2.55. The Labute approximate surface area is 413 Å². The second-order valence-electron chi connectivity index (χ2n) is 18.8. The molecular weight excluding hydrogens is 986 g/mol. The van der Waals surface area contributed by atoms with Crippen LogP contribution in [0.2, 0.25) is 5.02 Å². The molecule has 71 heavy (non-hydrogen) atoms. The maximum atomic E-state index is 16.2. The van der Waals surface area contributed by atoms with E-state index in [0.717, 1.165) is 41.3 Å². The number of halogens is 3. The lowest BCUT2D eigenvalue weighted by atomic mass is 9.85. The number of aliphatic carboxylic acids is 1. The van der Waals surface area contributed by atoms with Crippen molar-refractivity contribution in [2.45, 2.75) is 81.7 Å². The van der Waals surface area contributed by atoms with Crippen molar-refractivity contribution >= 4 is 102 Å². The first-order chi connectivity index (χ1) is 33.8. The summed E-state index contributed by atoms with van der Waals surface area (Å²) < 4.78 is 72.4. The van der Waals surface area contributed by atoms with Crippen LogP contribution in [-0.4, -0.2) is 101 Å². The van der Waals surface area contributed by atoms with E-state index in [4.69, 9.17) is 30.8 Å². The smallest absolute Gasteiger partial charge is 0.349 e. The highest BCUT2D eigenvalue weighted by molar-refractivity contribution is 7.88. The zero-order valence-corrected chi connectivity index (χ0v) is 40.5. The Morgan fingerprint density at radius 2 is 1.77 bits per heavy atom. The largest absolute Gasteiger partial charge is 0.479 e. The van der Waals surface area contributed by atoms with Crippen LogP contribution in [0.3, 0.4) is 0 Å². The number of nitrogens with zero attached hydrogens (tertiary/aromatic N) is 4. The van der Waals surface area contributed by atoms with Crippen molar-refractivity contribution in [3.63, 3.8) is 0 Å². The molecule has 6 heterocycles. The molecule has 10 rings (SSSR count). The SMILES string of the molecule is CC1(C)CC(Nc2c(F)ccc(-c3sc(C(=O)O)c(OCC(=O)O)c3Cl)c2F)CCN1S(=O)(=O)Cc1ccc2oc(N3CCC(c4ccc5c6c(cccc46)C(=O)N5C4CCC(=O)NC4=O)CC3)nc2c1. The first-order valence-corrected chi connectivity index (χ1v) is 25.6. The number of carboxylic acid groups (broad SMARTS) is 2. The van der Waals surface area contributed by atoms with E-state index >= 15 is 8.78 Å². The molecule has 2 aromatic heterocycles. The minimum absolute atomic E-state index is 0.0330. The Bertz CT molecular complexity index is 3350. The van der Waals surface area contributed by atoms with Crippen LogP contribution in [0.15, 0.2) is 65.1 Å². The van der Waals surface area contributed by atoms with E-state index in [9.17, 15) is 37.5 Å². The second-order valence-corrected chi connectivity index (χ2v) is 22.0. The molecule has 2 atom stereocenters. The van der Waals surface area contributed by atoms with Gasteiger partial charge >= 0.3 is 11.9 Å². The number of benzene rings is 4. The van der Waals surface area contributed by atoms with Crippen molar-refractivity contribution in [3.8, 4) is 16.2 Å². The summed E-state index contributed by atoms with van der Waals surface area (Å²) in [6, 6.07) is 15.8. The van der Waals surface area contributed by atoms with Crippen LogP contribution in [0.25, 0.3) is 32.3 Å². The average molecular weight is 1030 g/mol. The van der Waals surface area contributed by atoms with Gasteiger partial charge in [-0.3, -0.25) is 24.6 Å². The molecule has 0 spiro atoms. The summed E-state index contributed by atoms with van der Waals surface area (Å²) in [5.41, 5.74) is 2.01. The van der Waals surface area contributed by atoms with Crippen molar-refractivity contribution in [2.75, 3.05) is 41.4 Å². The third kappa shape index (κ3) is 8.71. The molecule has 22 heteroatoms. The maximum Gasteiger partial charge on any atom is 0.349 e. The number of imide groups is 1. The van der Waals surface area contributed by atoms with Gasteiger partial charge in [-0.1, -0.05) is 35.9 Å². The number of amides is 3. The number of oxazole rings is 1. The normalized spacial score (nSPS) is 19.7. The van der Waals surface area contributed by atoms with Crippen molar-refractivity contribution < 1.29 is 60.5 Å². The first kappa shape index (κ1) is 48.0. The highest BCUT2D eigenvalue weighted by Gasteiger charge is 2.43. The van der Waals surface area contributed by atoms with Crippen LogP contribution in [0.1, 0.15) is 89.4 Å². The van der Waals surface area contributed by atoms with E-state index in [2.05, 4.69) is 15.5 Å². The predicted octanol–water partition coefficient (Wildman–Crippen LogP) is 8.14. The molecule has 6 aromatic rings. The number of fused-ring (bicyclic) bond motifs is 1. The number of hydrogen-bond donors (Lipinski definition) is 4. The number of ether oxygens (including phenoxy) is 1. The molecule has 3 saturated heterocycles. The van der Waals surface area contributed by atoms with Crippen molar-refractivity contribution in [3.05, 3.63) is 98.9 Å². The Morgan fingerprint density at radius 1 is 1.00 bits per heavy atom. The summed E-state index contributed by atoms with van der Waals surface area (Å²) in [4.78, 5) is 69.1. The molecule has 4 aliphatic rings. The topological polar surface area (TPSA) is 229 Å². The summed E-state index contributed by atoms with van der Waals surface area (Å²) in [6.07, 6.45) is 2.29. The lowest BCUT2D eigenvalue weighted by molar-refractivity contribution is -0.139. The highest BCUT2D eigenvalue weighted by Crippen LogP contribution is 2.48. The summed E-state index contributed by atoms with van der Waals surface area (Å²) in [7, 11) is -3.94. The van der Waals surface area contributed by atoms with Gasteiger partial charge in [0.25, 0.3) is 11.9 Å². The van der Waals surface area contributed by atoms with Crippen LogP contribution in [0.5, 0.6) is 5.75 Å². The number of rotatable bonds is 13. The van der Waals surface area contributed by atoms with E-state index in [0.29, 0.717) is 58.4 Å². The minimum Gasteiger partial charge on any atom is -0.479 e. The van der Waals surface area contributed by atoms with Gasteiger partial charge in [-0.05, 0) is 105 Å². The van der Waals surface area contributed by atoms with Gasteiger partial charge in [0.05, 0.1) is 16.3 Å². The summed E-state index contributed by atoms with van der Waals surface area (Å²) in [6.45, 7) is 3.84. The van der Waals surface area contributed by atoms with Crippen LogP contribution >= 0.6 is 22.9 Å². The van der Waals surface area contributed by atoms with E-state index in [1.807, 2.05) is 24.3 Å². The monoisotopic (exact) mass is 1030 g/mol. The van der Waals surface area contributed by atoms with Gasteiger partial charge < -0.3 is 29.6 Å². The quantitative estimate of drug-likeness (QED) is 0.0801. The predicted molar refractivity (Wildman–Crippen MR) is 260 cm³/mol. The standard InChI is InChI=1S/C49H45ClF2N6O11S2/c1-49(2)21-26(53-41-31(51)9-7-30(40(41)52)43-39(50)42(68-22-37(60)61)44(70-43)47(64)65)16-19-57(49)71(66,67)23-24-6-12-35-32(20-24)54-48(69-35)56-17-14-25(15-18-56)27-8-10-33-38-28(27)4-3-5-29(38)46(63)58(33)34-11-13-36(59)55-45(34)62/h3-10,12,20,25-26,34,53H,11,13-19,21-23H2,1-2H3,(H,60,61)(H,64,65)(H,55,59,62). The van der Waals surface area contributed by atoms with Crippen molar-refractivity contribution in [1.29, 1.82) is 0 Å². The Kier molecular flexibility index (Phi) is 12.3. The van der Waals surface area contributed by atoms with Crippen molar-refractivity contribution in [2.24, 2.45) is 0 Å². The van der Waals surface area contributed by atoms with Crippen LogP contribution in [0, 0.1) is 11.6 Å². The molecular formula is C49H45ClF2N6O11S2. The summed E-state index contributed by atoms with van der Waals surface area (Å²) >= 11 is 6.93. The third-order valence-electron chi connectivity index (χ3n) is 13.7. The highest BCUT2D eigenvalue weighted by atomic mass is 35.5. The lowest BCUT2D eigenvalue weighted by Gasteiger charge is -2.45. The molecule has 17 nitrogen and oxygen atoms in total. The van der Waals surface area contributed by atoms with Gasteiger partial charge in [0.2, 0.25) is 21.8 Å². The molecule has 0 radical (unpaired) electrons. The summed E-state index contributed by atoms with van der Waals surface area (Å²) in [5, 5.41) is 25.4. The molecule has 370 valence electrons. The number of aromatic nitrogens is 1. The Hall–Kier alpha value is -6.68. The van der Waals surface area contributed by atoms with Gasteiger partial charge in [-0.15, -0.1) is 11.3 Å². The number of piperidine rings is 3. The molecule has 3 fully saturated rings. The van der Waals surface area contributed by atoms with E-state index in [-0.39, 0.29) is 71.2 Å². The van der Waals surface area contributed by atoms with E-state index in [1.165, 1.54) is 9.21 Å². The van der Waals surface area contributed by atoms with Crippen molar-refractivity contribution in [1.82, 2.24) is 14.6 Å². The second kappa shape index (κ2) is 18.2. The van der Waals surface area contributed by atoms with Gasteiger partial charge in [-0.25, -0.2) is 26.8 Å². The number of hydrogen-bond acceptors (Lipinski definition) is 13. The molecule has 0 bridgehead atoms. The number of aromatic carboxylic acids is 1. The van der Waals surface area contributed by atoms with Crippen LogP contribution in [0.4, 0.5) is 26.2 Å². The van der Waals surface area contributed by atoms with Crippen LogP contribution in [-0.2, 0) is 30.2 Å². The zero-order chi connectivity index (χ0) is 50.3. The van der Waals surface area contributed by atoms with E-state index < -0.39 is 80.0 Å². The number of carboxylic acids is 2. The van der Waals surface area contributed by atoms with E-state index in [1.54, 1.807) is 38.1 Å². The maximum absolute atomic E-state index is 16.2. The fourth-order valence-electron chi connectivity index (χ4n) is 10.5. The molecule has 4 aliphatic heterocycles. The average Bonchev–Trinajstić information content (AvgIpc) is 3.98. The molecule has 0 aliphatic carbocycles. The minimum atomic E-state index is -3.94. The van der Waals surface area contributed by atoms with Crippen LogP contribution < -0.4 is 25.2 Å². The number of carbonyl (C=O) groups excluding carboxylic acids is 3. The molecule has 3 amide bonds. The molecule has 4 aromatic carbocycles. The number of thiophene rings is 1. The summed E-state index contributed by atoms with van der Waals surface area (Å²) in [5.74, 6) is -6.61. The first-order valence-electron chi connectivity index (χ1n) is 22.8. The fraction of sp³-hybridized carbons (Fsp3) is 0.347. The van der Waals surface area contributed by atoms with Gasteiger partial charge in [-0.2, -0.15) is 9.29 Å². The number of nitrogens with one attached hydrogen (secondary N) is 2. The molecule has 4 N–H and O–H groups in total. The Morgan fingerprint density at radius 3 is 2.49 bits per heavy atom. The zero-order valence-electron chi connectivity index (χ0n) is 38.1. The van der Waals surface area contributed by atoms with Gasteiger partial charge in [0.15, 0.2) is 28.6 Å². The molecule has 2 unspecified atom stereocenters. The fourth-order valence-corrected chi connectivity index (χ4v) is 13.9. The van der Waals surface area contributed by atoms with Gasteiger partial charge in [0, 0.05) is 54.1 Å². The number of carbonyl (C=O) groups is 5.